The molecular formula is C14H14N2O5S. The van der Waals surface area contributed by atoms with Crippen LogP contribution < -0.4 is 10.2 Å². The molecule has 0 amide bonds. The summed E-state index contributed by atoms with van der Waals surface area (Å²) < 4.78 is 9.77. The smallest absolute Gasteiger partial charge is 0.349 e. The second-order valence-electron chi connectivity index (χ2n) is 4.91. The molecule has 8 heteroatoms. The molecule has 2 N–H and O–H groups in total. The fraction of sp³-hybridized carbons (Fsp3) is 0.357. The first-order valence-electron chi connectivity index (χ1n) is 6.70. The average Bonchev–Trinajstić information content (AvgIpc) is 2.96. The molecule has 1 aromatic carbocycles. The number of esters is 2. The number of hydrazone groups is 1. The van der Waals surface area contributed by atoms with Crippen LogP contribution in [0, 0.1) is 5.92 Å². The molecule has 0 aliphatic carbocycles. The van der Waals surface area contributed by atoms with E-state index < -0.39 is 18.5 Å². The molecule has 1 aromatic rings. The molecule has 0 spiro atoms. The van der Waals surface area contributed by atoms with E-state index in [-0.39, 0.29) is 11.5 Å². The number of carbonyl (C=O) groups excluding carboxylic acids is 2. The number of phenolic OH excluding ortho intramolecular Hbond substituents is 1. The van der Waals surface area contributed by atoms with E-state index in [9.17, 15) is 14.7 Å². The predicted molar refractivity (Wildman–Crippen MR) is 79.1 cm³/mol. The van der Waals surface area contributed by atoms with Crippen molar-refractivity contribution in [3.8, 4) is 11.5 Å². The Balaban J connectivity index is 1.87. The summed E-state index contributed by atoms with van der Waals surface area (Å²) in [7, 11) is 0. The number of nitrogens with one attached hydrogen (secondary N) is 1. The maximum Gasteiger partial charge on any atom is 0.349 e. The van der Waals surface area contributed by atoms with Gasteiger partial charge in [-0.05, 0) is 12.1 Å². The Labute approximate surface area is 130 Å². The van der Waals surface area contributed by atoms with Gasteiger partial charge < -0.3 is 20.0 Å². The minimum Gasteiger partial charge on any atom is -0.504 e. The molecule has 3 rings (SSSR count). The number of hydrogen-bond donors (Lipinski definition) is 2. The monoisotopic (exact) mass is 322 g/mol. The maximum absolute atomic E-state index is 11.7. The van der Waals surface area contributed by atoms with Crippen LogP contribution in [0.1, 0.15) is 12.5 Å². The third kappa shape index (κ3) is 2.74. The van der Waals surface area contributed by atoms with Gasteiger partial charge in [-0.15, -0.1) is 11.8 Å². The molecule has 2 heterocycles. The lowest BCUT2D eigenvalue weighted by atomic mass is 9.98. The molecule has 2 aliphatic heterocycles. The van der Waals surface area contributed by atoms with Crippen LogP contribution in [0.15, 0.2) is 22.1 Å². The van der Waals surface area contributed by atoms with Crippen LogP contribution in [0.3, 0.4) is 0 Å². The highest BCUT2D eigenvalue weighted by atomic mass is 32.2. The van der Waals surface area contributed by atoms with Gasteiger partial charge in [-0.2, -0.15) is 5.10 Å². The Morgan fingerprint density at radius 2 is 2.32 bits per heavy atom. The minimum atomic E-state index is -0.742. The number of aromatic hydroxyl groups is 1. The molecule has 0 bridgehead atoms. The number of benzene rings is 1. The summed E-state index contributed by atoms with van der Waals surface area (Å²) in [5.41, 5.74) is 4.71. The van der Waals surface area contributed by atoms with Crippen LogP contribution in [0.5, 0.6) is 11.5 Å². The van der Waals surface area contributed by atoms with Gasteiger partial charge in [0.15, 0.2) is 18.1 Å². The molecule has 116 valence electrons. The van der Waals surface area contributed by atoms with Crippen LogP contribution in [-0.2, 0) is 14.3 Å². The van der Waals surface area contributed by atoms with E-state index in [0.29, 0.717) is 10.8 Å². The quantitative estimate of drug-likeness (QED) is 0.630. The van der Waals surface area contributed by atoms with Gasteiger partial charge in [0.05, 0.1) is 10.6 Å². The van der Waals surface area contributed by atoms with Crippen LogP contribution >= 0.6 is 11.8 Å². The van der Waals surface area contributed by atoms with Crippen molar-refractivity contribution in [2.24, 2.45) is 11.0 Å². The van der Waals surface area contributed by atoms with E-state index in [4.69, 9.17) is 4.74 Å². The average molecular weight is 322 g/mol. The third-order valence-electron chi connectivity index (χ3n) is 3.33. The number of nitrogens with zero attached hydrogens (tertiary/aromatic N) is 1. The lowest BCUT2D eigenvalue weighted by Gasteiger charge is -2.23. The highest BCUT2D eigenvalue weighted by Crippen LogP contribution is 2.45. The lowest BCUT2D eigenvalue weighted by molar-refractivity contribution is -0.152. The predicted octanol–water partition coefficient (Wildman–Crippen LogP) is 0.890. The molecular weight excluding hydrogens is 308 g/mol. The van der Waals surface area contributed by atoms with E-state index in [1.807, 2.05) is 0 Å². The number of fused-ring (bicyclic) bond motifs is 3. The SMILES string of the molecule is CC(=O)OCC(=O)Oc1c(O)ccc2c1SCC1CNN=C21. The van der Waals surface area contributed by atoms with Gasteiger partial charge in [-0.1, -0.05) is 0 Å². The zero-order chi connectivity index (χ0) is 15.7. The fourth-order valence-corrected chi connectivity index (χ4v) is 3.58. The Morgan fingerprint density at radius 1 is 1.50 bits per heavy atom. The summed E-state index contributed by atoms with van der Waals surface area (Å²) in [5, 5.41) is 14.2. The lowest BCUT2D eigenvalue weighted by Crippen LogP contribution is -2.24. The first-order valence-corrected chi connectivity index (χ1v) is 7.68. The van der Waals surface area contributed by atoms with Crippen molar-refractivity contribution >= 4 is 29.4 Å². The summed E-state index contributed by atoms with van der Waals surface area (Å²) in [5.74, 6) is -0.253. The topological polar surface area (TPSA) is 97.2 Å². The second kappa shape index (κ2) is 5.88. The van der Waals surface area contributed by atoms with Crippen molar-refractivity contribution in [2.45, 2.75) is 11.8 Å². The molecule has 2 aliphatic rings. The maximum atomic E-state index is 11.7. The van der Waals surface area contributed by atoms with Crippen molar-refractivity contribution < 1.29 is 24.2 Å². The van der Waals surface area contributed by atoms with Crippen LogP contribution in [0.25, 0.3) is 0 Å². The van der Waals surface area contributed by atoms with Crippen molar-refractivity contribution in [1.29, 1.82) is 0 Å². The third-order valence-corrected chi connectivity index (χ3v) is 4.59. The van der Waals surface area contributed by atoms with E-state index in [0.717, 1.165) is 23.6 Å². The Kier molecular flexibility index (Phi) is 3.93. The van der Waals surface area contributed by atoms with Gasteiger partial charge in [0, 0.05) is 30.7 Å². The number of phenols is 1. The second-order valence-corrected chi connectivity index (χ2v) is 5.94. The standard InChI is InChI=1S/C14H14N2O5S/c1-7(17)20-5-11(19)21-13-10(18)3-2-9-12-8(4-15-16-12)6-22-14(9)13/h2-3,8,15,18H,4-6H2,1H3. The van der Waals surface area contributed by atoms with Crippen LogP contribution in [0.2, 0.25) is 0 Å². The normalized spacial score (nSPS) is 18.6. The van der Waals surface area contributed by atoms with Crippen LogP contribution in [0.4, 0.5) is 0 Å². The van der Waals surface area contributed by atoms with Crippen molar-refractivity contribution in [3.63, 3.8) is 0 Å². The molecule has 0 saturated carbocycles. The first-order chi connectivity index (χ1) is 10.6. The first kappa shape index (κ1) is 14.7. The molecule has 22 heavy (non-hydrogen) atoms. The van der Waals surface area contributed by atoms with Crippen LogP contribution in [-0.4, -0.2) is 41.7 Å². The van der Waals surface area contributed by atoms with Crippen molar-refractivity contribution in [2.75, 3.05) is 18.9 Å². The Bertz CT molecular complexity index is 673. The fourth-order valence-electron chi connectivity index (χ4n) is 2.33. The number of rotatable bonds is 3. The van der Waals surface area contributed by atoms with Gasteiger partial charge in [-0.25, -0.2) is 4.79 Å². The number of ether oxygens (including phenoxy) is 2. The number of thioether (sulfide) groups is 1. The highest BCUT2D eigenvalue weighted by molar-refractivity contribution is 7.99. The van der Waals surface area contributed by atoms with E-state index >= 15 is 0 Å². The van der Waals surface area contributed by atoms with Crippen molar-refractivity contribution in [1.82, 2.24) is 5.43 Å². The van der Waals surface area contributed by atoms with Gasteiger partial charge >= 0.3 is 11.9 Å². The Hall–Kier alpha value is -2.22. The summed E-state index contributed by atoms with van der Waals surface area (Å²) in [6.07, 6.45) is 0. The molecule has 0 saturated heterocycles. The molecule has 0 radical (unpaired) electrons. The van der Waals surface area contributed by atoms with Gasteiger partial charge in [0.1, 0.15) is 0 Å². The van der Waals surface area contributed by atoms with Gasteiger partial charge in [-0.3, -0.25) is 4.79 Å². The molecule has 1 unspecified atom stereocenters. The largest absolute Gasteiger partial charge is 0.504 e. The summed E-state index contributed by atoms with van der Waals surface area (Å²) >= 11 is 1.51. The van der Waals surface area contributed by atoms with Crippen molar-refractivity contribution in [3.05, 3.63) is 17.7 Å². The number of hydrogen-bond acceptors (Lipinski definition) is 8. The Morgan fingerprint density at radius 3 is 3.09 bits per heavy atom. The summed E-state index contributed by atoms with van der Waals surface area (Å²) in [4.78, 5) is 23.1. The molecule has 0 aromatic heterocycles. The molecule has 7 nitrogen and oxygen atoms in total. The molecule has 1 atom stereocenters. The van der Waals surface area contributed by atoms with Gasteiger partial charge in [0.25, 0.3) is 0 Å². The van der Waals surface area contributed by atoms with E-state index in [2.05, 4.69) is 15.3 Å². The van der Waals surface area contributed by atoms with E-state index in [1.165, 1.54) is 24.8 Å². The van der Waals surface area contributed by atoms with Gasteiger partial charge in [0.2, 0.25) is 0 Å². The molecule has 0 fully saturated rings. The zero-order valence-electron chi connectivity index (χ0n) is 11.8. The highest BCUT2D eigenvalue weighted by Gasteiger charge is 2.32. The van der Waals surface area contributed by atoms with E-state index in [1.54, 1.807) is 6.07 Å². The minimum absolute atomic E-state index is 0.0905. The summed E-state index contributed by atoms with van der Waals surface area (Å²) in [6, 6.07) is 3.23. The number of carbonyl (C=O) groups is 2. The zero-order valence-corrected chi connectivity index (χ0v) is 12.6. The summed E-state index contributed by atoms with van der Waals surface area (Å²) in [6.45, 7) is 1.49.